The second-order valence-corrected chi connectivity index (χ2v) is 16.3. The highest BCUT2D eigenvalue weighted by molar-refractivity contribution is 6.10. The molecule has 8 nitrogen and oxygen atoms in total. The van der Waals surface area contributed by atoms with Gasteiger partial charge in [-0.25, -0.2) is 20.0 Å². The van der Waals surface area contributed by atoms with Gasteiger partial charge in [0.05, 0.1) is 33.8 Å². The van der Waals surface area contributed by atoms with E-state index in [2.05, 4.69) is 102 Å². The van der Waals surface area contributed by atoms with Crippen LogP contribution in [0.1, 0.15) is 108 Å². The van der Waals surface area contributed by atoms with E-state index in [1.54, 1.807) is 6.92 Å². The fourth-order valence-electron chi connectivity index (χ4n) is 7.88. The average molecular weight is 783 g/mol. The number of amides is 2. The van der Waals surface area contributed by atoms with Crippen LogP contribution in [0, 0.1) is 0 Å². The maximum atomic E-state index is 14.9. The maximum Gasteiger partial charge on any atom is 0.273 e. The zero-order valence-corrected chi connectivity index (χ0v) is 35.6. The Labute approximate surface area is 349 Å². The highest BCUT2D eigenvalue weighted by Gasteiger charge is 2.41. The smallest absolute Gasteiger partial charge is 0.273 e. The molecule has 6 aromatic rings. The Morgan fingerprint density at radius 1 is 0.542 bits per heavy atom. The summed E-state index contributed by atoms with van der Waals surface area (Å²) in [7, 11) is 0. The van der Waals surface area contributed by atoms with E-state index in [1.807, 2.05) is 97.1 Å². The van der Waals surface area contributed by atoms with Crippen LogP contribution < -0.4 is 19.8 Å². The number of allylic oxidation sites excluding steroid dienone is 2. The molecule has 1 aliphatic rings. The molecule has 0 aliphatic carbocycles. The van der Waals surface area contributed by atoms with E-state index in [4.69, 9.17) is 9.97 Å². The van der Waals surface area contributed by atoms with Crippen LogP contribution in [-0.2, 0) is 9.59 Å². The van der Waals surface area contributed by atoms with Crippen molar-refractivity contribution in [3.63, 3.8) is 0 Å². The quantitative estimate of drug-likeness (QED) is 0.0699. The molecule has 7 rings (SSSR count). The fraction of sp³-hybridized carbons (Fsp3) is 0.255. The zero-order chi connectivity index (χ0) is 42.0. The summed E-state index contributed by atoms with van der Waals surface area (Å²) in [6.45, 7) is 19.6. The Balaban J connectivity index is 1.54. The first-order valence-electron chi connectivity index (χ1n) is 20.6. The highest BCUT2D eigenvalue weighted by atomic mass is 16.2. The van der Waals surface area contributed by atoms with Gasteiger partial charge in [0.2, 0.25) is 6.41 Å². The van der Waals surface area contributed by atoms with Gasteiger partial charge in [0.15, 0.2) is 11.6 Å². The lowest BCUT2D eigenvalue weighted by atomic mass is 9.91. The van der Waals surface area contributed by atoms with E-state index in [0.29, 0.717) is 23.4 Å². The van der Waals surface area contributed by atoms with Crippen LogP contribution in [-0.4, -0.2) is 22.3 Å². The number of hydrogen-bond acceptors (Lipinski definition) is 6. The Bertz CT molecular complexity index is 2380. The van der Waals surface area contributed by atoms with Crippen molar-refractivity contribution < 1.29 is 9.59 Å². The number of para-hydroxylation sites is 6. The van der Waals surface area contributed by atoms with Gasteiger partial charge in [-0.15, -0.1) is 0 Å². The van der Waals surface area contributed by atoms with Crippen molar-refractivity contribution in [3.05, 3.63) is 167 Å². The van der Waals surface area contributed by atoms with Gasteiger partial charge in [-0.1, -0.05) is 146 Å². The standard InChI is InChI=1S/C51H54N6O2/c1-33(2)40-24-18-25-41(34(3)4)47(40)55-46(31-30-37(9)51(59)57(39-22-14-11-15-23-39)54(32-58)38-20-12-10-13-21-38)56(48-42(35(5)6)26-19-27-43(48)36(7)8)50-49(55)52-44-28-16-17-29-45(44)53-50/h10-36H,1-9H3/b37-30-. The lowest BCUT2D eigenvalue weighted by molar-refractivity contribution is -0.117. The van der Waals surface area contributed by atoms with Gasteiger partial charge >= 0.3 is 0 Å². The molecule has 59 heavy (non-hydrogen) atoms. The monoisotopic (exact) mass is 782 g/mol. The predicted molar refractivity (Wildman–Crippen MR) is 244 cm³/mol. The molecule has 0 bridgehead atoms. The molecule has 0 unspecified atom stereocenters. The van der Waals surface area contributed by atoms with Gasteiger partial charge in [-0.2, -0.15) is 0 Å². The third-order valence-corrected chi connectivity index (χ3v) is 10.9. The summed E-state index contributed by atoms with van der Waals surface area (Å²) >= 11 is 0. The third kappa shape index (κ3) is 7.75. The van der Waals surface area contributed by atoms with E-state index in [1.165, 1.54) is 32.3 Å². The van der Waals surface area contributed by atoms with Gasteiger partial charge in [-0.3, -0.25) is 19.4 Å². The summed E-state index contributed by atoms with van der Waals surface area (Å²) in [5.41, 5.74) is 9.99. The lowest BCUT2D eigenvalue weighted by Gasteiger charge is -2.33. The molecule has 0 spiro atoms. The minimum absolute atomic E-state index is 0.190. The second kappa shape index (κ2) is 17.1. The van der Waals surface area contributed by atoms with Gasteiger partial charge in [0.1, 0.15) is 5.82 Å². The van der Waals surface area contributed by atoms with E-state index >= 15 is 0 Å². The van der Waals surface area contributed by atoms with E-state index in [-0.39, 0.29) is 29.6 Å². The number of benzene rings is 5. The van der Waals surface area contributed by atoms with Crippen LogP contribution in [0.15, 0.2) is 145 Å². The zero-order valence-electron chi connectivity index (χ0n) is 35.6. The Morgan fingerprint density at radius 3 is 1.32 bits per heavy atom. The molecule has 2 amide bonds. The molecule has 8 heteroatoms. The van der Waals surface area contributed by atoms with Crippen molar-refractivity contribution in [2.24, 2.45) is 0 Å². The molecule has 2 heterocycles. The molecule has 1 aromatic heterocycles. The molecule has 0 fully saturated rings. The fourth-order valence-corrected chi connectivity index (χ4v) is 7.88. The van der Waals surface area contributed by atoms with E-state index < -0.39 is 0 Å². The van der Waals surface area contributed by atoms with Crippen molar-refractivity contribution in [2.75, 3.05) is 19.8 Å². The minimum atomic E-state index is -0.351. The summed E-state index contributed by atoms with van der Waals surface area (Å²) in [6, 6.07) is 39.6. The van der Waals surface area contributed by atoms with E-state index in [9.17, 15) is 9.59 Å². The Hall–Kier alpha value is -6.54. The molecule has 0 atom stereocenters. The lowest BCUT2D eigenvalue weighted by Crippen LogP contribution is -2.47. The van der Waals surface area contributed by atoms with Crippen molar-refractivity contribution >= 4 is 57.7 Å². The second-order valence-electron chi connectivity index (χ2n) is 16.3. The number of hydrogen-bond donors (Lipinski definition) is 0. The van der Waals surface area contributed by atoms with Crippen molar-refractivity contribution in [1.82, 2.24) is 9.97 Å². The van der Waals surface area contributed by atoms with Crippen molar-refractivity contribution in [1.29, 1.82) is 0 Å². The number of hydrazine groups is 1. The van der Waals surface area contributed by atoms with Crippen LogP contribution in [0.25, 0.3) is 11.0 Å². The van der Waals surface area contributed by atoms with Gasteiger partial charge < -0.3 is 0 Å². The number of aromatic nitrogens is 2. The highest BCUT2D eigenvalue weighted by Crippen LogP contribution is 2.54. The van der Waals surface area contributed by atoms with E-state index in [0.717, 1.165) is 39.9 Å². The number of rotatable bonds is 12. The molecule has 300 valence electrons. The van der Waals surface area contributed by atoms with Crippen LogP contribution in [0.5, 0.6) is 0 Å². The Kier molecular flexibility index (Phi) is 11.8. The molecular formula is C51H54N6O2. The molecule has 0 N–H and O–H groups in total. The Morgan fingerprint density at radius 2 is 0.932 bits per heavy atom. The maximum absolute atomic E-state index is 14.9. The van der Waals surface area contributed by atoms with Crippen molar-refractivity contribution in [2.45, 2.75) is 86.0 Å². The summed E-state index contributed by atoms with van der Waals surface area (Å²) in [6.07, 6.45) is 4.57. The SMILES string of the molecule is C/C(=C/C=C1N(c2c(C(C)C)cccc2C(C)C)c2nc3ccccc3nc2N1c1c(C(C)C)cccc1C(C)C)C(=O)N(c1ccccc1)N(C=O)c1ccccc1. The van der Waals surface area contributed by atoms with Crippen LogP contribution >= 0.6 is 0 Å². The number of anilines is 6. The summed E-state index contributed by atoms with van der Waals surface area (Å²) in [5, 5.41) is 2.78. The molecule has 1 aliphatic heterocycles. The summed E-state index contributed by atoms with van der Waals surface area (Å²) in [5.74, 6) is 2.65. The first-order valence-corrected chi connectivity index (χ1v) is 20.6. The van der Waals surface area contributed by atoms with Crippen LogP contribution in [0.4, 0.5) is 34.4 Å². The molecule has 5 aromatic carbocycles. The predicted octanol–water partition coefficient (Wildman–Crippen LogP) is 12.8. The molecule has 0 radical (unpaired) electrons. The third-order valence-electron chi connectivity index (χ3n) is 10.9. The molecule has 0 saturated heterocycles. The summed E-state index contributed by atoms with van der Waals surface area (Å²) < 4.78 is 0. The topological polar surface area (TPSA) is 72.9 Å². The molecule has 0 saturated carbocycles. The van der Waals surface area contributed by atoms with Crippen LogP contribution in [0.3, 0.4) is 0 Å². The first-order chi connectivity index (χ1) is 28.4. The number of nitrogens with zero attached hydrogens (tertiary/aromatic N) is 6. The van der Waals surface area contributed by atoms with Gasteiger partial charge in [0, 0.05) is 5.57 Å². The van der Waals surface area contributed by atoms with Crippen molar-refractivity contribution in [3.8, 4) is 0 Å². The average Bonchev–Trinajstić information content (AvgIpc) is 3.55. The number of carbonyl (C=O) groups excluding carboxylic acids is 2. The number of fused-ring (bicyclic) bond motifs is 2. The van der Waals surface area contributed by atoms with Gasteiger partial charge in [-0.05, 0) is 95.3 Å². The van der Waals surface area contributed by atoms with Gasteiger partial charge in [0.25, 0.3) is 5.91 Å². The largest absolute Gasteiger partial charge is 0.276 e. The summed E-state index contributed by atoms with van der Waals surface area (Å²) in [4.78, 5) is 43.1. The van der Waals surface area contributed by atoms with Crippen LogP contribution in [0.2, 0.25) is 0 Å². The number of carbonyl (C=O) groups is 2. The molecular weight excluding hydrogens is 729 g/mol. The first kappa shape index (κ1) is 40.6. The normalized spacial score (nSPS) is 12.9. The minimum Gasteiger partial charge on any atom is -0.276 e.